The maximum Gasteiger partial charge on any atom is 0.232 e. The van der Waals surface area contributed by atoms with Gasteiger partial charge in [0.15, 0.2) is 11.6 Å². The predicted octanol–water partition coefficient (Wildman–Crippen LogP) is 4.20. The first-order chi connectivity index (χ1) is 20.2. The summed E-state index contributed by atoms with van der Waals surface area (Å²) in [4.78, 5) is 19.9. The van der Waals surface area contributed by atoms with E-state index in [0.717, 1.165) is 0 Å². The second-order valence-electron chi connectivity index (χ2n) is 9.75. The van der Waals surface area contributed by atoms with Crippen LogP contribution in [0, 0.1) is 5.82 Å². The summed E-state index contributed by atoms with van der Waals surface area (Å²) in [5.41, 5.74) is 7.08. The van der Waals surface area contributed by atoms with E-state index < -0.39 is 28.3 Å². The molecule has 222 valence electrons. The number of fused-ring (bicyclic) bond motifs is 1. The van der Waals surface area contributed by atoms with Gasteiger partial charge in [0.1, 0.15) is 17.1 Å². The van der Waals surface area contributed by atoms with Gasteiger partial charge >= 0.3 is 0 Å². The number of hydrogen-bond donors (Lipinski definition) is 2. The molecule has 3 heterocycles. The Morgan fingerprint density at radius 3 is 2.69 bits per heavy atom. The van der Waals surface area contributed by atoms with E-state index in [1.165, 1.54) is 6.07 Å². The van der Waals surface area contributed by atoms with Crippen molar-refractivity contribution in [1.82, 2.24) is 19.9 Å². The minimum absolute atomic E-state index is 0.0228. The maximum absolute atomic E-state index is 15.8. The van der Waals surface area contributed by atoms with E-state index in [2.05, 4.69) is 19.6 Å². The molecule has 1 aliphatic heterocycles. The molecule has 1 atom stereocenters. The number of anilines is 3. The average Bonchev–Trinajstić information content (AvgIpc) is 2.97. The zero-order chi connectivity index (χ0) is 29.9. The molecule has 11 nitrogen and oxygen atoms in total. The number of nitrogens with two attached hydrogens (primary N) is 1. The summed E-state index contributed by atoms with van der Waals surface area (Å²) in [7, 11) is -3.94. The number of rotatable bonds is 10. The van der Waals surface area contributed by atoms with Gasteiger partial charge in [-0.25, -0.2) is 32.7 Å². The van der Waals surface area contributed by atoms with Crippen molar-refractivity contribution in [2.75, 3.05) is 54.1 Å². The van der Waals surface area contributed by atoms with E-state index in [-0.39, 0.29) is 29.7 Å². The molecule has 1 saturated heterocycles. The second kappa shape index (κ2) is 12.4. The van der Waals surface area contributed by atoms with E-state index in [9.17, 15) is 12.8 Å². The number of morpholine rings is 1. The van der Waals surface area contributed by atoms with Crippen LogP contribution in [0.5, 0.6) is 5.75 Å². The zero-order valence-corrected chi connectivity index (χ0v) is 24.0. The van der Waals surface area contributed by atoms with Gasteiger partial charge in [-0.1, -0.05) is 12.1 Å². The van der Waals surface area contributed by atoms with E-state index in [4.69, 9.17) is 25.2 Å². The Morgan fingerprint density at radius 2 is 1.98 bits per heavy atom. The van der Waals surface area contributed by atoms with Crippen molar-refractivity contribution in [3.63, 3.8) is 0 Å². The van der Waals surface area contributed by atoms with Crippen LogP contribution in [-0.2, 0) is 14.8 Å². The van der Waals surface area contributed by atoms with Crippen LogP contribution in [0.4, 0.5) is 26.2 Å². The Morgan fingerprint density at radius 1 is 1.19 bits per heavy atom. The molecule has 4 aromatic rings. The van der Waals surface area contributed by atoms with Crippen LogP contribution < -0.4 is 20.1 Å². The smallest absolute Gasteiger partial charge is 0.232 e. The summed E-state index contributed by atoms with van der Waals surface area (Å²) in [5.74, 6) is 0.226. The minimum Gasteiger partial charge on any atom is -0.492 e. The first-order valence-corrected chi connectivity index (χ1v) is 15.1. The van der Waals surface area contributed by atoms with Gasteiger partial charge in [0.05, 0.1) is 49.5 Å². The summed E-state index contributed by atoms with van der Waals surface area (Å²) in [6.07, 6.45) is 2.90. The van der Waals surface area contributed by atoms with E-state index in [1.54, 1.807) is 36.7 Å². The summed E-state index contributed by atoms with van der Waals surface area (Å²) in [6, 6.07) is 7.81. The number of ether oxygens (including phenoxy) is 2. The van der Waals surface area contributed by atoms with Crippen molar-refractivity contribution in [3.05, 3.63) is 48.5 Å². The van der Waals surface area contributed by atoms with Crippen LogP contribution in [0.3, 0.4) is 0 Å². The highest BCUT2D eigenvalue weighted by molar-refractivity contribution is 7.92. The molecule has 1 unspecified atom stereocenters. The quantitative estimate of drug-likeness (QED) is 0.272. The normalized spacial score (nSPS) is 15.6. The number of aromatic nitrogens is 4. The molecule has 3 N–H and O–H groups in total. The number of benzene rings is 2. The van der Waals surface area contributed by atoms with E-state index >= 15 is 4.39 Å². The molecule has 42 heavy (non-hydrogen) atoms. The van der Waals surface area contributed by atoms with E-state index in [1.807, 2.05) is 13.8 Å². The Bertz CT molecular complexity index is 1690. The van der Waals surface area contributed by atoms with Crippen molar-refractivity contribution >= 4 is 38.4 Å². The van der Waals surface area contributed by atoms with Crippen molar-refractivity contribution in [2.45, 2.75) is 26.3 Å². The molecule has 0 radical (unpaired) electrons. The van der Waals surface area contributed by atoms with Gasteiger partial charge in [0, 0.05) is 29.9 Å². The lowest BCUT2D eigenvalue weighted by atomic mass is 10.0. The van der Waals surface area contributed by atoms with Gasteiger partial charge < -0.3 is 20.1 Å². The highest BCUT2D eigenvalue weighted by Crippen LogP contribution is 2.39. The average molecular weight is 600 g/mol. The van der Waals surface area contributed by atoms with Crippen LogP contribution in [0.15, 0.2) is 42.7 Å². The van der Waals surface area contributed by atoms with Gasteiger partial charge in [-0.05, 0) is 44.0 Å². The monoisotopic (exact) mass is 599 g/mol. The zero-order valence-electron chi connectivity index (χ0n) is 23.2. The van der Waals surface area contributed by atoms with Gasteiger partial charge in [0.25, 0.3) is 0 Å². The van der Waals surface area contributed by atoms with Crippen LogP contribution >= 0.6 is 0 Å². The fourth-order valence-electron chi connectivity index (χ4n) is 4.75. The lowest BCUT2D eigenvalue weighted by Crippen LogP contribution is -2.44. The number of hydrogen-bond acceptors (Lipinski definition) is 10. The number of halogens is 2. The van der Waals surface area contributed by atoms with Crippen LogP contribution in [0.25, 0.3) is 33.4 Å². The molecule has 0 saturated carbocycles. The Kier molecular flexibility index (Phi) is 8.64. The number of nitrogen functional groups attached to an aromatic ring is 1. The fraction of sp³-hybridized carbons (Fsp3) is 0.357. The van der Waals surface area contributed by atoms with Gasteiger partial charge in [-0.15, -0.1) is 0 Å². The van der Waals surface area contributed by atoms with Crippen molar-refractivity contribution in [2.24, 2.45) is 0 Å². The number of sulfonamides is 1. The highest BCUT2D eigenvalue weighted by Gasteiger charge is 2.26. The molecule has 0 aliphatic carbocycles. The molecular weight excluding hydrogens is 568 g/mol. The lowest BCUT2D eigenvalue weighted by Gasteiger charge is -2.35. The molecule has 0 amide bonds. The molecule has 5 rings (SSSR count). The Balaban J connectivity index is 1.70. The highest BCUT2D eigenvalue weighted by atomic mass is 32.2. The van der Waals surface area contributed by atoms with Crippen LogP contribution in [0.1, 0.15) is 20.3 Å². The molecule has 14 heteroatoms. The first kappa shape index (κ1) is 29.3. The molecular formula is C28H31F2N7O4S. The first-order valence-electron chi connectivity index (χ1n) is 13.5. The molecule has 1 fully saturated rings. The SMILES string of the molecule is CCOc1cc(-c2cccc(NS(=O)(=O)CCCF)c2F)cc2c(N3CCOCC3C)nc(-c3cnc(N)nc3)nc12. The Labute approximate surface area is 242 Å². The fourth-order valence-corrected chi connectivity index (χ4v) is 5.83. The molecule has 0 bridgehead atoms. The lowest BCUT2D eigenvalue weighted by molar-refractivity contribution is 0.0987. The predicted molar refractivity (Wildman–Crippen MR) is 157 cm³/mol. The third kappa shape index (κ3) is 6.19. The Hall–Kier alpha value is -4.17. The van der Waals surface area contributed by atoms with Gasteiger partial charge in [-0.3, -0.25) is 9.11 Å². The molecule has 1 aliphatic rings. The second-order valence-corrected chi connectivity index (χ2v) is 11.6. The van der Waals surface area contributed by atoms with Crippen molar-refractivity contribution < 1.29 is 26.7 Å². The maximum atomic E-state index is 15.8. The molecule has 0 spiro atoms. The minimum atomic E-state index is -3.94. The van der Waals surface area contributed by atoms with Crippen LogP contribution in [0.2, 0.25) is 0 Å². The van der Waals surface area contributed by atoms with E-state index in [0.29, 0.717) is 65.8 Å². The van der Waals surface area contributed by atoms with Crippen molar-refractivity contribution in [1.29, 1.82) is 0 Å². The number of nitrogens with one attached hydrogen (secondary N) is 1. The molecule has 2 aromatic heterocycles. The van der Waals surface area contributed by atoms with Crippen LogP contribution in [-0.4, -0.2) is 73.2 Å². The van der Waals surface area contributed by atoms with Gasteiger partial charge in [-0.2, -0.15) is 0 Å². The van der Waals surface area contributed by atoms with Gasteiger partial charge in [0.2, 0.25) is 16.0 Å². The van der Waals surface area contributed by atoms with Crippen molar-refractivity contribution in [3.8, 4) is 28.3 Å². The number of alkyl halides is 1. The number of nitrogens with zero attached hydrogens (tertiary/aromatic N) is 5. The summed E-state index contributed by atoms with van der Waals surface area (Å²) in [5, 5.41) is 0.609. The third-order valence-electron chi connectivity index (χ3n) is 6.74. The summed E-state index contributed by atoms with van der Waals surface area (Å²) < 4.78 is 67.1. The summed E-state index contributed by atoms with van der Waals surface area (Å²) in [6.45, 7) is 4.90. The third-order valence-corrected chi connectivity index (χ3v) is 8.09. The topological polar surface area (TPSA) is 145 Å². The summed E-state index contributed by atoms with van der Waals surface area (Å²) >= 11 is 0. The standard InChI is InChI=1S/C28H31F2N7O4S/c1-3-41-23-13-18(20-6-4-7-22(24(20)30)36-42(38,39)11-5-8-29)12-21-25(23)34-26(19-14-32-28(31)33-15-19)35-27(21)37-9-10-40-16-17(37)2/h4,6-7,12-15,17,36H,3,5,8-11,16H2,1-2H3,(H2,31,32,33). The largest absolute Gasteiger partial charge is 0.492 e. The molecule has 2 aromatic carbocycles.